The van der Waals surface area contributed by atoms with E-state index >= 15 is 0 Å². The van der Waals surface area contributed by atoms with Crippen LogP contribution in [0.4, 0.5) is 0 Å². The van der Waals surface area contributed by atoms with E-state index in [4.69, 9.17) is 18.9 Å². The molecule has 2 heterocycles. The normalized spacial score (nSPS) is 43.0. The first kappa shape index (κ1) is 39.1. The number of ether oxygens (including phenoxy) is 4. The molecule has 0 amide bonds. The van der Waals surface area contributed by atoms with E-state index in [1.54, 1.807) is 0 Å². The average Bonchev–Trinajstić information content (AvgIpc) is 3.05. The maximum absolute atomic E-state index is 11.0. The highest BCUT2D eigenvalue weighted by molar-refractivity contribution is 5.56. The molecule has 2 fully saturated rings. The fraction of sp³-hybridized carbons (Fsp3) is 0.885. The summed E-state index contributed by atoms with van der Waals surface area (Å²) in [5.41, 5.74) is -0.118. The van der Waals surface area contributed by atoms with Gasteiger partial charge < -0.3 is 101 Å². The minimum atomic E-state index is -2.00. The predicted molar refractivity (Wildman–Crippen MR) is 145 cm³/mol. The van der Waals surface area contributed by atoms with Crippen LogP contribution < -0.4 is 5.32 Å². The van der Waals surface area contributed by atoms with Crippen molar-refractivity contribution >= 4 is 6.29 Å². The zero-order valence-electron chi connectivity index (χ0n) is 24.4. The predicted octanol–water partition coefficient (Wildman–Crippen LogP) is -9.36. The van der Waals surface area contributed by atoms with Crippen molar-refractivity contribution in [2.45, 2.75) is 117 Å². The first-order valence-corrected chi connectivity index (χ1v) is 14.5. The van der Waals surface area contributed by atoms with Gasteiger partial charge in [-0.2, -0.15) is 0 Å². The van der Waals surface area contributed by atoms with E-state index in [1.807, 2.05) is 0 Å². The summed E-state index contributed by atoms with van der Waals surface area (Å²) in [6, 6.07) is -2.63. The van der Waals surface area contributed by atoms with Crippen molar-refractivity contribution in [1.82, 2.24) is 5.32 Å². The fourth-order valence-corrected chi connectivity index (χ4v) is 5.54. The molecule has 1 aliphatic carbocycles. The Bertz CT molecular complexity index is 973. The summed E-state index contributed by atoms with van der Waals surface area (Å²) in [7, 11) is 0. The first-order valence-electron chi connectivity index (χ1n) is 14.5. The monoisotopic (exact) mass is 675 g/mol. The van der Waals surface area contributed by atoms with Crippen LogP contribution in [0.15, 0.2) is 11.6 Å². The van der Waals surface area contributed by atoms with Crippen LogP contribution in [0.3, 0.4) is 0 Å². The van der Waals surface area contributed by atoms with Gasteiger partial charge in [-0.1, -0.05) is 6.08 Å². The van der Waals surface area contributed by atoms with Gasteiger partial charge in [-0.25, -0.2) is 0 Å². The molecule has 15 N–H and O–H groups in total. The van der Waals surface area contributed by atoms with E-state index in [2.05, 4.69) is 5.32 Å². The molecule has 0 radical (unpaired) electrons. The first-order chi connectivity index (χ1) is 21.7. The maximum atomic E-state index is 11.0. The van der Waals surface area contributed by atoms with Crippen LogP contribution in [0.5, 0.6) is 0 Å². The number of aliphatic hydroxyl groups excluding tert-OH is 14. The van der Waals surface area contributed by atoms with Crippen LogP contribution in [-0.4, -0.2) is 214 Å². The number of aliphatic hydroxyl groups is 14. The number of hydrogen-bond donors (Lipinski definition) is 15. The van der Waals surface area contributed by atoms with Gasteiger partial charge in [0, 0.05) is 6.04 Å². The Morgan fingerprint density at radius 1 is 0.761 bits per heavy atom. The molecule has 3 aliphatic rings. The van der Waals surface area contributed by atoms with Crippen molar-refractivity contribution in [3.8, 4) is 0 Å². The van der Waals surface area contributed by atoms with Gasteiger partial charge in [0.2, 0.25) is 0 Å². The minimum absolute atomic E-state index is 0.0265. The molecule has 2 aliphatic heterocycles. The Balaban J connectivity index is 1.77. The van der Waals surface area contributed by atoms with Crippen molar-refractivity contribution in [2.24, 2.45) is 0 Å². The van der Waals surface area contributed by atoms with Gasteiger partial charge in [-0.05, 0) is 12.0 Å². The zero-order chi connectivity index (χ0) is 34.5. The van der Waals surface area contributed by atoms with Crippen molar-refractivity contribution in [3.05, 3.63) is 11.6 Å². The van der Waals surface area contributed by atoms with Gasteiger partial charge in [0.1, 0.15) is 79.4 Å². The molecule has 0 aromatic carbocycles. The number of rotatable bonds is 15. The lowest BCUT2D eigenvalue weighted by atomic mass is 9.86. The summed E-state index contributed by atoms with van der Waals surface area (Å²) in [6.07, 6.45) is -27.2. The van der Waals surface area contributed by atoms with E-state index in [1.165, 1.54) is 6.08 Å². The van der Waals surface area contributed by atoms with Crippen molar-refractivity contribution < 1.29 is 95.2 Å². The molecule has 20 nitrogen and oxygen atoms in total. The lowest BCUT2D eigenvalue weighted by molar-refractivity contribution is -0.364. The molecule has 0 spiro atoms. The van der Waals surface area contributed by atoms with Crippen LogP contribution in [0.2, 0.25) is 0 Å². The quantitative estimate of drug-likeness (QED) is 0.0565. The molecule has 0 aromatic rings. The van der Waals surface area contributed by atoms with Crippen LogP contribution in [0, 0.1) is 0 Å². The summed E-state index contributed by atoms with van der Waals surface area (Å²) in [5.74, 6) is 0. The third kappa shape index (κ3) is 8.62. The van der Waals surface area contributed by atoms with Gasteiger partial charge in [0.15, 0.2) is 18.9 Å². The van der Waals surface area contributed by atoms with Gasteiger partial charge in [-0.3, -0.25) is 0 Å². The minimum Gasteiger partial charge on any atom is -0.394 e. The fourth-order valence-electron chi connectivity index (χ4n) is 5.54. The number of hydrogen-bond acceptors (Lipinski definition) is 20. The molecule has 18 atom stereocenters. The Kier molecular flexibility index (Phi) is 14.7. The lowest BCUT2D eigenvalue weighted by Crippen LogP contribution is -2.65. The van der Waals surface area contributed by atoms with Crippen molar-refractivity contribution in [3.63, 3.8) is 0 Å². The van der Waals surface area contributed by atoms with E-state index in [9.17, 15) is 76.3 Å². The highest BCUT2D eigenvalue weighted by Crippen LogP contribution is 2.32. The number of carbonyl (C=O) groups excluding carboxylic acids is 1. The van der Waals surface area contributed by atoms with E-state index in [0.717, 1.165) is 0 Å². The standard InChI is InChI=1S/C26H45NO19/c28-3-8-1-10(27-11(2-9(33)4-29)15(35)12(34)5-30)16(36)19(39)23(8)45-26-22(42)20(40)24(14(7-32)44-26)46-25-21(41)18(38)17(37)13(6-31)43-25/h1,5,9-29,31-42H,2-4,6-7H2/t9-,10?,11?,12?,13?,14+,15?,16?,17+,18?,19?,20+,21+,22?,23?,24?,25?,26?/m0/s1. The van der Waals surface area contributed by atoms with E-state index in [0.29, 0.717) is 0 Å². The Hall–Kier alpha value is -1.35. The molecule has 0 bridgehead atoms. The van der Waals surface area contributed by atoms with Gasteiger partial charge in [0.25, 0.3) is 0 Å². The van der Waals surface area contributed by atoms with E-state index < -0.39 is 143 Å². The third-order valence-corrected chi connectivity index (χ3v) is 8.26. The lowest BCUT2D eigenvalue weighted by Gasteiger charge is -2.47. The number of aldehydes is 1. The van der Waals surface area contributed by atoms with E-state index in [-0.39, 0.29) is 11.9 Å². The summed E-state index contributed by atoms with van der Waals surface area (Å²) in [6.45, 7) is -3.22. The Morgan fingerprint density at radius 3 is 1.91 bits per heavy atom. The average molecular weight is 676 g/mol. The third-order valence-electron chi connectivity index (χ3n) is 8.26. The second-order valence-corrected chi connectivity index (χ2v) is 11.4. The molecular formula is C26H45NO19. The molecule has 0 aromatic heterocycles. The summed E-state index contributed by atoms with van der Waals surface area (Å²) in [4.78, 5) is 11.0. The second-order valence-electron chi connectivity index (χ2n) is 11.4. The summed E-state index contributed by atoms with van der Waals surface area (Å²) in [5, 5.41) is 145. The van der Waals surface area contributed by atoms with Crippen LogP contribution in [0.1, 0.15) is 6.42 Å². The molecule has 20 heteroatoms. The molecule has 13 unspecified atom stereocenters. The number of carbonyl (C=O) groups is 1. The van der Waals surface area contributed by atoms with Crippen molar-refractivity contribution in [2.75, 3.05) is 26.4 Å². The SMILES string of the molecule is O=CC(O)C(O)C(C[C@H](O)CO)NC1C=C(CO)C(OC2O[C@H](CO)C(OC3OC(CO)[C@@H](O)C(O)[C@H]3O)[C@H](O)C2O)C(O)C1O. The Labute approximate surface area is 261 Å². The van der Waals surface area contributed by atoms with Crippen LogP contribution in [-0.2, 0) is 23.7 Å². The molecule has 0 saturated carbocycles. The largest absolute Gasteiger partial charge is 0.394 e. The molecule has 3 rings (SSSR count). The topological polar surface area (TPSA) is 349 Å². The smallest absolute Gasteiger partial charge is 0.187 e. The number of nitrogens with one attached hydrogen (secondary N) is 1. The highest BCUT2D eigenvalue weighted by atomic mass is 16.7. The van der Waals surface area contributed by atoms with Crippen LogP contribution in [0.25, 0.3) is 0 Å². The van der Waals surface area contributed by atoms with Gasteiger partial charge >= 0.3 is 0 Å². The highest BCUT2D eigenvalue weighted by Gasteiger charge is 2.52. The van der Waals surface area contributed by atoms with Crippen molar-refractivity contribution in [1.29, 1.82) is 0 Å². The summed E-state index contributed by atoms with van der Waals surface area (Å²) < 4.78 is 21.9. The Morgan fingerprint density at radius 2 is 1.35 bits per heavy atom. The van der Waals surface area contributed by atoms with Gasteiger partial charge in [-0.15, -0.1) is 0 Å². The molecule has 46 heavy (non-hydrogen) atoms. The summed E-state index contributed by atoms with van der Waals surface area (Å²) >= 11 is 0. The molecule has 268 valence electrons. The zero-order valence-corrected chi connectivity index (χ0v) is 24.4. The maximum Gasteiger partial charge on any atom is 0.187 e. The molecule has 2 saturated heterocycles. The second kappa shape index (κ2) is 17.3. The van der Waals surface area contributed by atoms with Gasteiger partial charge in [0.05, 0.1) is 38.6 Å². The van der Waals surface area contributed by atoms with Crippen LogP contribution >= 0.6 is 0 Å². The molecular weight excluding hydrogens is 630 g/mol.